The lowest BCUT2D eigenvalue weighted by molar-refractivity contribution is -0.134. The van der Waals surface area contributed by atoms with E-state index in [0.29, 0.717) is 36.4 Å². The van der Waals surface area contributed by atoms with Crippen LogP contribution in [0.4, 0.5) is 5.69 Å². The summed E-state index contributed by atoms with van der Waals surface area (Å²) in [5, 5.41) is 17.3. The zero-order valence-corrected chi connectivity index (χ0v) is 24.6. The summed E-state index contributed by atoms with van der Waals surface area (Å²) in [4.78, 5) is 31.6. The van der Waals surface area contributed by atoms with E-state index in [2.05, 4.69) is 22.5 Å². The summed E-state index contributed by atoms with van der Waals surface area (Å²) >= 11 is 0. The molecule has 218 valence electrons. The van der Waals surface area contributed by atoms with E-state index in [-0.39, 0.29) is 17.9 Å². The fourth-order valence-corrected chi connectivity index (χ4v) is 6.14. The number of likely N-dealkylation sites (tertiary alicyclic amines) is 1. The smallest absolute Gasteiger partial charge is 0.256 e. The molecule has 0 spiro atoms. The van der Waals surface area contributed by atoms with E-state index in [4.69, 9.17) is 4.74 Å². The molecule has 4 rings (SSSR count). The summed E-state index contributed by atoms with van der Waals surface area (Å²) in [7, 11) is 6.88. The van der Waals surface area contributed by atoms with Crippen molar-refractivity contribution in [2.75, 3.05) is 40.1 Å². The fourth-order valence-electron chi connectivity index (χ4n) is 6.14. The number of nitrogens with one attached hydrogen (secondary N) is 2. The first-order valence-corrected chi connectivity index (χ1v) is 14.2. The highest BCUT2D eigenvalue weighted by Crippen LogP contribution is 2.40. The Morgan fingerprint density at radius 2 is 1.63 bits per heavy atom. The zero-order chi connectivity index (χ0) is 29.6. The van der Waals surface area contributed by atoms with Crippen LogP contribution < -0.4 is 15.4 Å². The predicted molar refractivity (Wildman–Crippen MR) is 162 cm³/mol. The number of benzene rings is 3. The molecule has 1 fully saturated rings. The van der Waals surface area contributed by atoms with E-state index < -0.39 is 17.7 Å². The first kappa shape index (κ1) is 30.1. The molecule has 3 aromatic rings. The lowest BCUT2D eigenvalue weighted by Crippen LogP contribution is -2.61. The average molecular weight is 559 g/mol. The number of hydrogen-bond donors (Lipinski definition) is 3. The Morgan fingerprint density at radius 1 is 1.02 bits per heavy atom. The highest BCUT2D eigenvalue weighted by atomic mass is 16.5. The first-order valence-electron chi connectivity index (χ1n) is 14.2. The van der Waals surface area contributed by atoms with Crippen molar-refractivity contribution < 1.29 is 19.4 Å². The molecule has 0 radical (unpaired) electrons. The van der Waals surface area contributed by atoms with Crippen molar-refractivity contribution in [2.45, 2.75) is 49.9 Å². The maximum absolute atomic E-state index is 14.2. The van der Waals surface area contributed by atoms with Crippen LogP contribution in [0.25, 0.3) is 0 Å². The summed E-state index contributed by atoms with van der Waals surface area (Å²) in [5.41, 5.74) is 1.93. The van der Waals surface area contributed by atoms with Crippen molar-refractivity contribution in [3.05, 3.63) is 95.6 Å². The van der Waals surface area contributed by atoms with E-state index in [1.165, 1.54) is 7.11 Å². The van der Waals surface area contributed by atoms with Gasteiger partial charge in [0.25, 0.3) is 5.91 Å². The number of anilines is 1. The molecule has 8 heteroatoms. The number of nitrogens with zero attached hydrogens (tertiary/aromatic N) is 2. The maximum atomic E-state index is 14.2. The largest absolute Gasteiger partial charge is 0.494 e. The zero-order valence-electron chi connectivity index (χ0n) is 24.6. The molecule has 0 aliphatic carbocycles. The number of methoxy groups -OCH3 is 1. The van der Waals surface area contributed by atoms with Crippen molar-refractivity contribution in [3.63, 3.8) is 0 Å². The van der Waals surface area contributed by atoms with Crippen LogP contribution in [0.2, 0.25) is 0 Å². The van der Waals surface area contributed by atoms with Crippen LogP contribution in [0.15, 0.2) is 78.9 Å². The second-order valence-corrected chi connectivity index (χ2v) is 10.9. The molecule has 1 aliphatic heterocycles. The lowest BCUT2D eigenvalue weighted by atomic mass is 9.69. The number of carbonyl (C=O) groups excluding carboxylic acids is 2. The molecule has 0 aromatic heterocycles. The van der Waals surface area contributed by atoms with Crippen LogP contribution in [-0.2, 0) is 10.2 Å². The van der Waals surface area contributed by atoms with Gasteiger partial charge in [-0.15, -0.1) is 0 Å². The van der Waals surface area contributed by atoms with Gasteiger partial charge in [-0.3, -0.25) is 14.5 Å². The van der Waals surface area contributed by atoms with Gasteiger partial charge in [-0.05, 0) is 49.4 Å². The summed E-state index contributed by atoms with van der Waals surface area (Å²) < 4.78 is 5.55. The molecule has 3 N–H and O–H groups in total. The number of hydrogen-bond acceptors (Lipinski definition) is 6. The summed E-state index contributed by atoms with van der Waals surface area (Å²) in [6, 6.07) is 24.9. The van der Waals surface area contributed by atoms with E-state index in [1.54, 1.807) is 38.2 Å². The lowest BCUT2D eigenvalue weighted by Gasteiger charge is -2.46. The van der Waals surface area contributed by atoms with Crippen molar-refractivity contribution >= 4 is 17.5 Å². The molecule has 2 amide bonds. The fraction of sp³-hybridized carbons (Fsp3) is 0.394. The van der Waals surface area contributed by atoms with Gasteiger partial charge in [-0.25, -0.2) is 0 Å². The Hall–Kier alpha value is -3.88. The standard InChI is InChI=1S/C33H42N4O4/c1-23(22-33(32(40)36(3)4,24-14-8-6-9-15-24)25-16-10-7-11-17-25)37-21-13-20-28(38)30(37)35-31(39)26-18-12-19-27(34-2)29(26)41-5/h6-12,14-19,23,28,30,34,38H,13,20-22H2,1-5H3,(H,35,39)/t23?,28-,30-/m1/s1. The highest BCUT2D eigenvalue weighted by Gasteiger charge is 2.46. The van der Waals surface area contributed by atoms with Crippen LogP contribution in [0.1, 0.15) is 47.7 Å². The van der Waals surface area contributed by atoms with Crippen molar-refractivity contribution in [2.24, 2.45) is 0 Å². The van der Waals surface area contributed by atoms with Gasteiger partial charge in [-0.2, -0.15) is 0 Å². The minimum absolute atomic E-state index is 0.0199. The third-order valence-corrected chi connectivity index (χ3v) is 8.12. The first-order chi connectivity index (χ1) is 19.7. The number of aliphatic hydroxyl groups is 1. The van der Waals surface area contributed by atoms with Crippen LogP contribution in [0, 0.1) is 0 Å². The molecule has 0 saturated carbocycles. The van der Waals surface area contributed by atoms with Gasteiger partial charge in [-0.1, -0.05) is 66.7 Å². The number of piperidine rings is 1. The maximum Gasteiger partial charge on any atom is 0.256 e. The minimum Gasteiger partial charge on any atom is -0.494 e. The van der Waals surface area contributed by atoms with Gasteiger partial charge in [0.2, 0.25) is 5.91 Å². The number of aliphatic hydroxyl groups excluding tert-OH is 1. The van der Waals surface area contributed by atoms with Crippen LogP contribution >= 0.6 is 0 Å². The molecule has 1 heterocycles. The number of likely N-dealkylation sites (N-methyl/N-ethyl adjacent to an activating group) is 1. The van der Waals surface area contributed by atoms with Crippen molar-refractivity contribution in [1.29, 1.82) is 0 Å². The number of para-hydroxylation sites is 1. The Kier molecular flexibility index (Phi) is 9.68. The Morgan fingerprint density at radius 3 is 2.17 bits per heavy atom. The number of amides is 2. The van der Waals surface area contributed by atoms with E-state index in [0.717, 1.165) is 17.5 Å². The Bertz CT molecular complexity index is 1280. The monoisotopic (exact) mass is 558 g/mol. The number of ether oxygens (including phenoxy) is 1. The second kappa shape index (κ2) is 13.2. The molecular formula is C33H42N4O4. The number of rotatable bonds is 10. The van der Waals surface area contributed by atoms with Gasteiger partial charge in [0.1, 0.15) is 11.6 Å². The molecule has 3 aromatic carbocycles. The van der Waals surface area contributed by atoms with Gasteiger partial charge in [0.15, 0.2) is 5.75 Å². The second-order valence-electron chi connectivity index (χ2n) is 10.9. The van der Waals surface area contributed by atoms with Gasteiger partial charge < -0.3 is 25.4 Å². The van der Waals surface area contributed by atoms with E-state index in [1.807, 2.05) is 66.7 Å². The van der Waals surface area contributed by atoms with Gasteiger partial charge in [0, 0.05) is 33.7 Å². The van der Waals surface area contributed by atoms with E-state index in [9.17, 15) is 14.7 Å². The van der Waals surface area contributed by atoms with Crippen LogP contribution in [-0.4, -0.2) is 79.8 Å². The summed E-state index contributed by atoms with van der Waals surface area (Å²) in [6.07, 6.45) is 0.409. The third kappa shape index (κ3) is 6.09. The summed E-state index contributed by atoms with van der Waals surface area (Å²) in [5.74, 6) is 0.0958. The SMILES string of the molecule is CNc1cccc(C(=O)N[C@H]2[C@H](O)CCCN2C(C)CC(C(=O)N(C)C)(c2ccccc2)c2ccccc2)c1OC. The molecule has 41 heavy (non-hydrogen) atoms. The van der Waals surface area contributed by atoms with Crippen molar-refractivity contribution in [3.8, 4) is 5.75 Å². The molecular weight excluding hydrogens is 516 g/mol. The topological polar surface area (TPSA) is 94.1 Å². The molecule has 0 bridgehead atoms. The normalized spacial score (nSPS) is 18.3. The summed E-state index contributed by atoms with van der Waals surface area (Å²) in [6.45, 7) is 2.75. The van der Waals surface area contributed by atoms with Crippen LogP contribution in [0.3, 0.4) is 0 Å². The Labute approximate surface area is 243 Å². The molecule has 3 atom stereocenters. The third-order valence-electron chi connectivity index (χ3n) is 8.12. The quantitative estimate of drug-likeness (QED) is 0.347. The predicted octanol–water partition coefficient (Wildman–Crippen LogP) is 4.10. The number of carbonyl (C=O) groups is 2. The highest BCUT2D eigenvalue weighted by molar-refractivity contribution is 5.99. The van der Waals surface area contributed by atoms with Crippen LogP contribution in [0.5, 0.6) is 5.75 Å². The molecule has 1 aliphatic rings. The molecule has 1 unspecified atom stereocenters. The van der Waals surface area contributed by atoms with Gasteiger partial charge in [0.05, 0.1) is 24.5 Å². The van der Waals surface area contributed by atoms with E-state index >= 15 is 0 Å². The van der Waals surface area contributed by atoms with Gasteiger partial charge >= 0.3 is 0 Å². The Balaban J connectivity index is 1.72. The van der Waals surface area contributed by atoms with Crippen molar-refractivity contribution in [1.82, 2.24) is 15.1 Å². The molecule has 8 nitrogen and oxygen atoms in total. The minimum atomic E-state index is -0.966. The average Bonchev–Trinajstić information content (AvgIpc) is 3.00. The molecule has 1 saturated heterocycles.